The van der Waals surface area contributed by atoms with Crippen LogP contribution >= 0.6 is 45.2 Å². The molecule has 0 saturated carbocycles. The van der Waals surface area contributed by atoms with E-state index in [1.165, 1.54) is 12.8 Å². The van der Waals surface area contributed by atoms with E-state index < -0.39 is 0 Å². The van der Waals surface area contributed by atoms with Gasteiger partial charge in [0.25, 0.3) is 0 Å². The highest BCUT2D eigenvalue weighted by Gasteiger charge is 2.04. The number of hydrogen-bond acceptors (Lipinski definition) is 0. The van der Waals surface area contributed by atoms with Gasteiger partial charge >= 0.3 is 0 Å². The van der Waals surface area contributed by atoms with Crippen molar-refractivity contribution in [3.63, 3.8) is 0 Å². The van der Waals surface area contributed by atoms with E-state index in [4.69, 9.17) is 0 Å². The summed E-state index contributed by atoms with van der Waals surface area (Å²) in [6.45, 7) is 0. The summed E-state index contributed by atoms with van der Waals surface area (Å²) < 4.78 is 4.70. The van der Waals surface area contributed by atoms with E-state index in [-0.39, 0.29) is 0 Å². The summed E-state index contributed by atoms with van der Waals surface area (Å²) in [5, 5.41) is 0. The molecule has 0 aliphatic rings. The fraction of sp³-hybridized carbons (Fsp3) is 0. The molecule has 0 N–H and O–H groups in total. The van der Waals surface area contributed by atoms with Gasteiger partial charge in [-0.15, -0.1) is 0 Å². The van der Waals surface area contributed by atoms with E-state index >= 15 is 0 Å². The predicted octanol–water partition coefficient (Wildman–Crippen LogP) is 3.69. The van der Waals surface area contributed by atoms with E-state index in [2.05, 4.69) is 80.3 Å². The Kier molecular flexibility index (Phi) is 2.92. The van der Waals surface area contributed by atoms with Gasteiger partial charge in [0, 0.05) is 19.5 Å². The fourth-order valence-electron chi connectivity index (χ4n) is 1.22. The van der Waals surface area contributed by atoms with Crippen molar-refractivity contribution in [3.05, 3.63) is 49.9 Å². The lowest BCUT2D eigenvalue weighted by molar-refractivity contribution is 1.06. The van der Waals surface area contributed by atoms with Crippen molar-refractivity contribution >= 4 is 45.2 Å². The number of hydrogen-bond donors (Lipinski definition) is 0. The molecule has 0 aliphatic heterocycles. The molecule has 13 heavy (non-hydrogen) atoms. The average Bonchev–Trinajstić information content (AvgIpc) is 2.57. The van der Waals surface area contributed by atoms with Crippen LogP contribution in [-0.4, -0.2) is 4.57 Å². The molecule has 1 nitrogen and oxygen atoms in total. The van der Waals surface area contributed by atoms with Crippen LogP contribution < -0.4 is 0 Å². The third kappa shape index (κ3) is 1.90. The van der Waals surface area contributed by atoms with Crippen molar-refractivity contribution in [1.29, 1.82) is 0 Å². The number of aromatic nitrogens is 1. The lowest BCUT2D eigenvalue weighted by atomic mass is 10.3. The summed E-state index contributed by atoms with van der Waals surface area (Å²) in [6.07, 6.45) is 4.14. The van der Waals surface area contributed by atoms with E-state index in [1.54, 1.807) is 0 Å². The van der Waals surface area contributed by atoms with Gasteiger partial charge < -0.3 is 4.57 Å². The summed E-state index contributed by atoms with van der Waals surface area (Å²) in [6, 6.07) is 10.4. The van der Waals surface area contributed by atoms with Gasteiger partial charge in [0.05, 0.1) is 5.69 Å². The zero-order chi connectivity index (χ0) is 9.26. The molecule has 0 bridgehead atoms. The van der Waals surface area contributed by atoms with Crippen LogP contribution in [0.2, 0.25) is 0 Å². The highest BCUT2D eigenvalue weighted by molar-refractivity contribution is 14.1. The first kappa shape index (κ1) is 9.51. The summed E-state index contributed by atoms with van der Waals surface area (Å²) >= 11 is 4.72. The summed E-state index contributed by atoms with van der Waals surface area (Å²) in [7, 11) is 0. The topological polar surface area (TPSA) is 4.93 Å². The van der Waals surface area contributed by atoms with Crippen molar-refractivity contribution in [1.82, 2.24) is 4.57 Å². The van der Waals surface area contributed by atoms with Crippen molar-refractivity contribution in [2.45, 2.75) is 0 Å². The number of benzene rings is 1. The molecule has 66 valence electrons. The largest absolute Gasteiger partial charge is 0.322 e. The minimum atomic E-state index is 1.27. The van der Waals surface area contributed by atoms with Crippen molar-refractivity contribution in [2.24, 2.45) is 0 Å². The molecular formula is C10H7I2N. The highest BCUT2D eigenvalue weighted by atomic mass is 127. The Labute approximate surface area is 104 Å². The monoisotopic (exact) mass is 395 g/mol. The normalized spacial score (nSPS) is 10.3. The number of halogens is 2. The maximum absolute atomic E-state index is 2.36. The van der Waals surface area contributed by atoms with Crippen LogP contribution in [0, 0.1) is 7.14 Å². The second-order valence-corrected chi connectivity index (χ2v) is 4.98. The number of rotatable bonds is 1. The number of para-hydroxylation sites is 1. The highest BCUT2D eigenvalue weighted by Crippen LogP contribution is 2.22. The van der Waals surface area contributed by atoms with Gasteiger partial charge in [0.1, 0.15) is 0 Å². The lowest BCUT2D eigenvalue weighted by Gasteiger charge is -2.07. The van der Waals surface area contributed by atoms with Gasteiger partial charge in [0.2, 0.25) is 0 Å². The lowest BCUT2D eigenvalue weighted by Crippen LogP contribution is -1.96. The van der Waals surface area contributed by atoms with Crippen molar-refractivity contribution in [2.75, 3.05) is 0 Å². The van der Waals surface area contributed by atoms with E-state index in [1.807, 2.05) is 12.1 Å². The Morgan fingerprint density at radius 2 is 1.38 bits per heavy atom. The van der Waals surface area contributed by atoms with Crippen LogP contribution in [0.15, 0.2) is 42.7 Å². The SMILES string of the molecule is Ic1cccc(I)c1-n1cccc1. The molecule has 2 aromatic rings. The molecule has 2 rings (SSSR count). The van der Waals surface area contributed by atoms with E-state index in [0.29, 0.717) is 0 Å². The maximum Gasteiger partial charge on any atom is 0.0718 e. The van der Waals surface area contributed by atoms with E-state index in [0.717, 1.165) is 0 Å². The molecule has 0 aliphatic carbocycles. The third-order valence-corrected chi connectivity index (χ3v) is 3.54. The van der Waals surface area contributed by atoms with Crippen LogP contribution in [0.1, 0.15) is 0 Å². The summed E-state index contributed by atoms with van der Waals surface area (Å²) in [5.74, 6) is 0. The van der Waals surface area contributed by atoms with Crippen molar-refractivity contribution in [3.8, 4) is 5.69 Å². The molecule has 1 aromatic carbocycles. The molecule has 3 heteroatoms. The minimum absolute atomic E-state index is 1.27. The molecule has 1 aromatic heterocycles. The molecule has 0 unspecified atom stereocenters. The molecule has 0 radical (unpaired) electrons. The summed E-state index contributed by atoms with van der Waals surface area (Å²) in [5.41, 5.74) is 1.27. The van der Waals surface area contributed by atoms with Crippen LogP contribution in [0.5, 0.6) is 0 Å². The Balaban J connectivity index is 2.64. The third-order valence-electron chi connectivity index (χ3n) is 1.80. The van der Waals surface area contributed by atoms with Gasteiger partial charge in [-0.25, -0.2) is 0 Å². The Bertz CT molecular complexity index is 387. The first-order valence-corrected chi connectivity index (χ1v) is 6.02. The first-order chi connectivity index (χ1) is 6.29. The molecule has 0 fully saturated rings. The minimum Gasteiger partial charge on any atom is -0.322 e. The predicted molar refractivity (Wildman–Crippen MR) is 71.2 cm³/mol. The van der Waals surface area contributed by atoms with Gasteiger partial charge in [-0.2, -0.15) is 0 Å². The van der Waals surface area contributed by atoms with Crippen LogP contribution in [0.25, 0.3) is 5.69 Å². The van der Waals surface area contributed by atoms with Gasteiger partial charge in [0.15, 0.2) is 0 Å². The quantitative estimate of drug-likeness (QED) is 0.650. The Morgan fingerprint density at radius 1 is 0.846 bits per heavy atom. The Morgan fingerprint density at radius 3 is 1.92 bits per heavy atom. The zero-order valence-corrected chi connectivity index (χ0v) is 11.1. The zero-order valence-electron chi connectivity index (χ0n) is 6.74. The van der Waals surface area contributed by atoms with Crippen molar-refractivity contribution < 1.29 is 0 Å². The van der Waals surface area contributed by atoms with Gasteiger partial charge in [-0.05, 0) is 69.4 Å². The second-order valence-electron chi connectivity index (χ2n) is 2.66. The number of nitrogens with zero attached hydrogens (tertiary/aromatic N) is 1. The van der Waals surface area contributed by atoms with Gasteiger partial charge in [-0.3, -0.25) is 0 Å². The van der Waals surface area contributed by atoms with Crippen LogP contribution in [0.3, 0.4) is 0 Å². The fourth-order valence-corrected chi connectivity index (χ4v) is 3.29. The molecular weight excluding hydrogens is 388 g/mol. The molecule has 0 saturated heterocycles. The van der Waals surface area contributed by atoms with Crippen LogP contribution in [0.4, 0.5) is 0 Å². The van der Waals surface area contributed by atoms with Gasteiger partial charge in [-0.1, -0.05) is 6.07 Å². The maximum atomic E-state index is 2.36. The molecule has 1 heterocycles. The molecule has 0 spiro atoms. The summed E-state index contributed by atoms with van der Waals surface area (Å²) in [4.78, 5) is 0. The standard InChI is InChI=1S/C10H7I2N/c11-8-4-3-5-9(12)10(8)13-6-1-2-7-13/h1-7H. The molecule has 0 amide bonds. The molecule has 0 atom stereocenters. The van der Waals surface area contributed by atoms with E-state index in [9.17, 15) is 0 Å². The first-order valence-electron chi connectivity index (χ1n) is 3.86. The Hall–Kier alpha value is -0.0400. The van der Waals surface area contributed by atoms with Crippen LogP contribution in [-0.2, 0) is 0 Å². The second kappa shape index (κ2) is 4.00. The average molecular weight is 395 g/mol. The smallest absolute Gasteiger partial charge is 0.0718 e.